The monoisotopic (exact) mass is 322 g/mol. The maximum atomic E-state index is 11.1. The highest BCUT2D eigenvalue weighted by Crippen LogP contribution is 2.32. The largest absolute Gasteiger partial charge is 0.358 e. The Labute approximate surface area is 129 Å². The van der Waals surface area contributed by atoms with Gasteiger partial charge in [0.15, 0.2) is 0 Å². The lowest BCUT2D eigenvalue weighted by Crippen LogP contribution is -1.97. The molecule has 2 aromatic heterocycles. The van der Waals surface area contributed by atoms with Crippen LogP contribution in [0.3, 0.4) is 0 Å². The van der Waals surface area contributed by atoms with E-state index in [0.29, 0.717) is 32.6 Å². The Kier molecular flexibility index (Phi) is 3.27. The normalized spacial score (nSPS) is 11.0. The summed E-state index contributed by atoms with van der Waals surface area (Å²) in [6.07, 6.45) is 2.97. The molecule has 0 spiro atoms. The minimum Gasteiger partial charge on any atom is -0.358 e. The molecular weight excluding hydrogens is 315 g/mol. The van der Waals surface area contributed by atoms with Crippen LogP contribution in [0.5, 0.6) is 0 Å². The first-order valence-corrected chi connectivity index (χ1v) is 6.68. The third-order valence-electron chi connectivity index (χ3n) is 3.04. The lowest BCUT2D eigenvalue weighted by Gasteiger charge is -2.03. The first kappa shape index (κ1) is 13.8. The molecule has 6 nitrogen and oxygen atoms in total. The van der Waals surface area contributed by atoms with Crippen LogP contribution in [-0.4, -0.2) is 19.3 Å². The zero-order valence-corrected chi connectivity index (χ0v) is 12.3. The highest BCUT2D eigenvalue weighted by molar-refractivity contribution is 6.36. The lowest BCUT2D eigenvalue weighted by atomic mass is 10.1. The van der Waals surface area contributed by atoms with E-state index >= 15 is 0 Å². The fourth-order valence-corrected chi connectivity index (χ4v) is 2.67. The van der Waals surface area contributed by atoms with Crippen LogP contribution in [0.4, 0.5) is 5.82 Å². The van der Waals surface area contributed by atoms with E-state index in [1.165, 1.54) is 16.8 Å². The summed E-state index contributed by atoms with van der Waals surface area (Å²) in [6, 6.07) is 4.98. The molecule has 3 aromatic rings. The summed E-state index contributed by atoms with van der Waals surface area (Å²) in [6.45, 7) is 1.58. The average molecular weight is 323 g/mol. The van der Waals surface area contributed by atoms with E-state index in [2.05, 4.69) is 9.97 Å². The standard InChI is InChI=1S/C13H8Cl2N4O2/c1-7-13(19(20)21)18-5-4-16-11(12(18)17-7)9-3-2-8(14)6-10(9)15/h2-6H,1H3. The van der Waals surface area contributed by atoms with E-state index in [-0.39, 0.29) is 5.82 Å². The van der Waals surface area contributed by atoms with Crippen molar-refractivity contribution in [2.24, 2.45) is 0 Å². The van der Waals surface area contributed by atoms with E-state index in [0.717, 1.165) is 0 Å². The SMILES string of the molecule is Cc1nc2c(-c3ccc(Cl)cc3Cl)nccn2c1[N+](=O)[O-]. The van der Waals surface area contributed by atoms with Crippen molar-refractivity contribution in [3.63, 3.8) is 0 Å². The Hall–Kier alpha value is -2.18. The second-order valence-electron chi connectivity index (χ2n) is 4.37. The van der Waals surface area contributed by atoms with E-state index in [4.69, 9.17) is 23.2 Å². The Bertz CT molecular complexity index is 876. The minimum atomic E-state index is -0.470. The van der Waals surface area contributed by atoms with Crippen LogP contribution in [-0.2, 0) is 0 Å². The van der Waals surface area contributed by atoms with Crippen LogP contribution >= 0.6 is 23.2 Å². The molecule has 0 bridgehead atoms. The molecule has 0 aliphatic carbocycles. The summed E-state index contributed by atoms with van der Waals surface area (Å²) in [5.41, 5.74) is 1.78. The predicted octanol–water partition coefficient (Wildman–Crippen LogP) is 3.92. The first-order valence-electron chi connectivity index (χ1n) is 5.92. The molecule has 21 heavy (non-hydrogen) atoms. The summed E-state index contributed by atoms with van der Waals surface area (Å²) in [7, 11) is 0. The predicted molar refractivity (Wildman–Crippen MR) is 79.8 cm³/mol. The number of aryl methyl sites for hydroxylation is 1. The molecular formula is C13H8Cl2N4O2. The molecule has 1 aromatic carbocycles. The van der Waals surface area contributed by atoms with Crippen molar-refractivity contribution in [1.29, 1.82) is 0 Å². The summed E-state index contributed by atoms with van der Waals surface area (Å²) in [5, 5.41) is 12.0. The molecule has 3 rings (SSSR count). The fourth-order valence-electron chi connectivity index (χ4n) is 2.17. The zero-order chi connectivity index (χ0) is 15.1. The average Bonchev–Trinajstić information content (AvgIpc) is 2.75. The van der Waals surface area contributed by atoms with Crippen molar-refractivity contribution < 1.29 is 4.92 Å². The van der Waals surface area contributed by atoms with Gasteiger partial charge in [-0.05, 0) is 30.0 Å². The van der Waals surface area contributed by atoms with Gasteiger partial charge in [-0.25, -0.2) is 9.97 Å². The van der Waals surface area contributed by atoms with Crippen molar-refractivity contribution in [1.82, 2.24) is 14.4 Å². The Balaban J connectivity index is 2.34. The van der Waals surface area contributed by atoms with E-state index in [1.807, 2.05) is 0 Å². The number of nitro groups is 1. The second kappa shape index (κ2) is 4.98. The van der Waals surface area contributed by atoms with Gasteiger partial charge in [0.25, 0.3) is 5.65 Å². The van der Waals surface area contributed by atoms with Gasteiger partial charge >= 0.3 is 5.82 Å². The first-order chi connectivity index (χ1) is 9.99. The van der Waals surface area contributed by atoms with Gasteiger partial charge in [-0.15, -0.1) is 0 Å². The molecule has 0 N–H and O–H groups in total. The molecule has 0 aliphatic heterocycles. The third-order valence-corrected chi connectivity index (χ3v) is 3.59. The Morgan fingerprint density at radius 3 is 2.76 bits per heavy atom. The van der Waals surface area contributed by atoms with Crippen molar-refractivity contribution in [2.75, 3.05) is 0 Å². The van der Waals surface area contributed by atoms with Crippen LogP contribution < -0.4 is 0 Å². The van der Waals surface area contributed by atoms with Gasteiger partial charge in [-0.3, -0.25) is 0 Å². The topological polar surface area (TPSA) is 73.3 Å². The number of hydrogen-bond acceptors (Lipinski definition) is 4. The van der Waals surface area contributed by atoms with Crippen LogP contribution in [0, 0.1) is 17.0 Å². The van der Waals surface area contributed by atoms with Crippen molar-refractivity contribution >= 4 is 34.7 Å². The van der Waals surface area contributed by atoms with Crippen LogP contribution in [0.25, 0.3) is 16.9 Å². The van der Waals surface area contributed by atoms with E-state index in [1.54, 1.807) is 25.1 Å². The van der Waals surface area contributed by atoms with Gasteiger partial charge in [-0.2, -0.15) is 4.40 Å². The minimum absolute atomic E-state index is 0.0845. The van der Waals surface area contributed by atoms with Crippen LogP contribution in [0.15, 0.2) is 30.6 Å². The highest BCUT2D eigenvalue weighted by Gasteiger charge is 2.23. The maximum Gasteiger partial charge on any atom is 0.350 e. The smallest absolute Gasteiger partial charge is 0.350 e. The number of halogens is 2. The lowest BCUT2D eigenvalue weighted by molar-refractivity contribution is -0.390. The molecule has 8 heteroatoms. The maximum absolute atomic E-state index is 11.1. The molecule has 0 unspecified atom stereocenters. The number of fused-ring (bicyclic) bond motifs is 1. The Morgan fingerprint density at radius 2 is 2.10 bits per heavy atom. The van der Waals surface area contributed by atoms with Crippen LogP contribution in [0.2, 0.25) is 10.0 Å². The number of rotatable bonds is 2. The number of nitrogens with zero attached hydrogens (tertiary/aromatic N) is 4. The molecule has 0 fully saturated rings. The van der Waals surface area contributed by atoms with Gasteiger partial charge in [0.1, 0.15) is 17.6 Å². The van der Waals surface area contributed by atoms with Gasteiger partial charge < -0.3 is 10.1 Å². The van der Waals surface area contributed by atoms with E-state index in [9.17, 15) is 10.1 Å². The summed E-state index contributed by atoms with van der Waals surface area (Å²) in [5.74, 6) is -0.0845. The summed E-state index contributed by atoms with van der Waals surface area (Å²) in [4.78, 5) is 19.2. The number of aromatic nitrogens is 3. The van der Waals surface area contributed by atoms with Gasteiger partial charge in [0.05, 0.1) is 11.2 Å². The van der Waals surface area contributed by atoms with Crippen LogP contribution in [0.1, 0.15) is 5.69 Å². The fraction of sp³-hybridized carbons (Fsp3) is 0.0769. The number of imidazole rings is 1. The van der Waals surface area contributed by atoms with Crippen molar-refractivity contribution in [3.05, 3.63) is 56.4 Å². The molecule has 2 heterocycles. The number of benzene rings is 1. The third kappa shape index (κ3) is 2.22. The van der Waals surface area contributed by atoms with Gasteiger partial charge in [0, 0.05) is 10.6 Å². The summed E-state index contributed by atoms with van der Waals surface area (Å²) < 4.78 is 1.39. The molecule has 0 radical (unpaired) electrons. The zero-order valence-electron chi connectivity index (χ0n) is 10.7. The quantitative estimate of drug-likeness (QED) is 0.529. The van der Waals surface area contributed by atoms with E-state index < -0.39 is 4.92 Å². The van der Waals surface area contributed by atoms with Gasteiger partial charge in [-0.1, -0.05) is 23.2 Å². The molecule has 0 aliphatic rings. The molecule has 0 amide bonds. The summed E-state index contributed by atoms with van der Waals surface area (Å²) >= 11 is 12.1. The Morgan fingerprint density at radius 1 is 1.33 bits per heavy atom. The number of hydrogen-bond donors (Lipinski definition) is 0. The molecule has 106 valence electrons. The highest BCUT2D eigenvalue weighted by atomic mass is 35.5. The molecule has 0 atom stereocenters. The van der Waals surface area contributed by atoms with Crippen molar-refractivity contribution in [3.8, 4) is 11.3 Å². The van der Waals surface area contributed by atoms with Crippen molar-refractivity contribution in [2.45, 2.75) is 6.92 Å². The molecule has 0 saturated carbocycles. The second-order valence-corrected chi connectivity index (χ2v) is 5.22. The van der Waals surface area contributed by atoms with Gasteiger partial charge in [0.2, 0.25) is 0 Å². The molecule has 0 saturated heterocycles.